The van der Waals surface area contributed by atoms with Gasteiger partial charge in [0.15, 0.2) is 0 Å². The van der Waals surface area contributed by atoms with Crippen molar-refractivity contribution in [2.24, 2.45) is 0 Å². The zero-order chi connectivity index (χ0) is 10.7. The van der Waals surface area contributed by atoms with Crippen LogP contribution in [0.15, 0.2) is 0 Å². The SMILES string of the molecule is O.O.O.O.O.O.O.O=C([O-])[O-].O=C([O-])[O-].O=C([O-])[O-].[La+3].[La+3]. The smallest absolute Gasteiger partial charge is 0.652 e. The molecule has 0 heterocycles. The maximum absolute atomic E-state index is 8.33. The number of rotatable bonds is 0. The molecule has 14 N–H and O–H groups in total. The van der Waals surface area contributed by atoms with Gasteiger partial charge in [-0.05, 0) is 18.5 Å². The molecule has 0 spiro atoms. The first kappa shape index (κ1) is 104. The molecule has 0 amide bonds. The van der Waals surface area contributed by atoms with E-state index in [0.717, 1.165) is 0 Å². The molecule has 0 unspecified atom stereocenters. The van der Waals surface area contributed by atoms with Crippen molar-refractivity contribution in [2.45, 2.75) is 0 Å². The largest absolute Gasteiger partial charge is 3.00 e. The van der Waals surface area contributed by atoms with Crippen molar-refractivity contribution in [3.8, 4) is 0 Å². The molecule has 0 aromatic heterocycles. The van der Waals surface area contributed by atoms with Crippen LogP contribution >= 0.6 is 0 Å². The van der Waals surface area contributed by atoms with Crippen LogP contribution in [0.5, 0.6) is 0 Å². The average Bonchev–Trinajstić information content (AvgIpc) is 1.54. The normalized spacial score (nSPS) is 3.43. The van der Waals surface area contributed by atoms with E-state index in [0.29, 0.717) is 0 Å². The Morgan fingerprint density at radius 3 is 0.381 bits per heavy atom. The molecule has 16 nitrogen and oxygen atoms in total. The van der Waals surface area contributed by atoms with Crippen molar-refractivity contribution in [2.75, 3.05) is 0 Å². The molecular formula is C3H14La2O16. The minimum Gasteiger partial charge on any atom is -0.652 e. The topological polar surface area (TPSA) is 410 Å². The van der Waals surface area contributed by atoms with Gasteiger partial charge in [0, 0.05) is 0 Å². The zero-order valence-electron chi connectivity index (χ0n) is 9.83. The van der Waals surface area contributed by atoms with Gasteiger partial charge in [-0.1, -0.05) is 0 Å². The van der Waals surface area contributed by atoms with Crippen molar-refractivity contribution in [1.82, 2.24) is 0 Å². The van der Waals surface area contributed by atoms with Gasteiger partial charge >= 0.3 is 71.2 Å². The summed E-state index contributed by atoms with van der Waals surface area (Å²) in [6.45, 7) is 0. The van der Waals surface area contributed by atoms with E-state index in [1.54, 1.807) is 0 Å². The Hall–Kier alpha value is -0.0804. The maximum Gasteiger partial charge on any atom is 3.00 e. The average molecular weight is 584 g/mol. The number of carbonyl (C=O) groups excluding carboxylic acids is 3. The molecule has 128 valence electrons. The van der Waals surface area contributed by atoms with Crippen molar-refractivity contribution in [1.29, 1.82) is 0 Å². The third-order valence-electron chi connectivity index (χ3n) is 0. The quantitative estimate of drug-likeness (QED) is 0.260. The van der Waals surface area contributed by atoms with Crippen LogP contribution < -0.4 is 30.6 Å². The molecule has 0 saturated heterocycles. The van der Waals surface area contributed by atoms with Gasteiger partial charge in [0.25, 0.3) is 0 Å². The van der Waals surface area contributed by atoms with Crippen molar-refractivity contribution >= 4 is 18.5 Å². The number of hydrogen-bond donors (Lipinski definition) is 0. The summed E-state index contributed by atoms with van der Waals surface area (Å²) in [5.74, 6) is 0. The first-order valence-corrected chi connectivity index (χ1v) is 1.84. The van der Waals surface area contributed by atoms with Crippen LogP contribution in [-0.2, 0) is 0 Å². The summed E-state index contributed by atoms with van der Waals surface area (Å²) >= 11 is 0. The van der Waals surface area contributed by atoms with Gasteiger partial charge in [-0.15, -0.1) is 0 Å². The second-order valence-corrected chi connectivity index (χ2v) is 0.750. The van der Waals surface area contributed by atoms with Crippen LogP contribution in [0.1, 0.15) is 0 Å². The van der Waals surface area contributed by atoms with Crippen LogP contribution in [0.25, 0.3) is 0 Å². The van der Waals surface area contributed by atoms with E-state index in [-0.39, 0.29) is 110 Å². The van der Waals surface area contributed by atoms with Gasteiger partial charge in [-0.3, -0.25) is 0 Å². The molecular weight excluding hydrogens is 570 g/mol. The molecule has 0 atom stereocenters. The van der Waals surface area contributed by atoms with E-state index >= 15 is 0 Å². The van der Waals surface area contributed by atoms with Crippen molar-refractivity contribution < 1.29 is 155 Å². The van der Waals surface area contributed by atoms with E-state index in [1.165, 1.54) is 0 Å². The Balaban J connectivity index is -0.00000000476. The fourth-order valence-corrected chi connectivity index (χ4v) is 0. The predicted octanol–water partition coefficient (Wildman–Crippen LogP) is -13.1. The Bertz CT molecular complexity index is 119. The van der Waals surface area contributed by atoms with Gasteiger partial charge in [-0.25, -0.2) is 0 Å². The third kappa shape index (κ3) is 990000. The molecule has 0 radical (unpaired) electrons. The van der Waals surface area contributed by atoms with Gasteiger partial charge in [0.05, 0.1) is 0 Å². The van der Waals surface area contributed by atoms with E-state index < -0.39 is 18.5 Å². The molecule has 0 aliphatic carbocycles. The molecule has 0 fully saturated rings. The maximum atomic E-state index is 8.33. The van der Waals surface area contributed by atoms with Gasteiger partial charge in [0.2, 0.25) is 0 Å². The summed E-state index contributed by atoms with van der Waals surface area (Å²) in [6, 6.07) is 0. The number of hydrogen-bond acceptors (Lipinski definition) is 9. The van der Waals surface area contributed by atoms with Crippen LogP contribution in [-0.4, -0.2) is 56.8 Å². The third-order valence-corrected chi connectivity index (χ3v) is 0. The second kappa shape index (κ2) is 89.6. The predicted molar refractivity (Wildman–Crippen MR) is 41.5 cm³/mol. The zero-order valence-corrected chi connectivity index (χ0v) is 17.1. The van der Waals surface area contributed by atoms with E-state index in [4.69, 9.17) is 45.0 Å². The summed E-state index contributed by atoms with van der Waals surface area (Å²) < 4.78 is 0. The Labute approximate surface area is 171 Å². The van der Waals surface area contributed by atoms with Crippen LogP contribution in [0.4, 0.5) is 14.4 Å². The Kier molecular flexibility index (Phi) is 445. The van der Waals surface area contributed by atoms with Gasteiger partial charge < -0.3 is 83.4 Å². The van der Waals surface area contributed by atoms with E-state index in [2.05, 4.69) is 0 Å². The summed E-state index contributed by atoms with van der Waals surface area (Å²) in [7, 11) is 0. The Morgan fingerprint density at radius 1 is 0.381 bits per heavy atom. The summed E-state index contributed by atoms with van der Waals surface area (Å²) in [4.78, 5) is 25.0. The van der Waals surface area contributed by atoms with E-state index in [1.807, 2.05) is 0 Å². The molecule has 0 aliphatic heterocycles. The fraction of sp³-hybridized carbons (Fsp3) is 0. The van der Waals surface area contributed by atoms with Crippen LogP contribution in [0.2, 0.25) is 0 Å². The molecule has 18 heteroatoms. The monoisotopic (exact) mass is 584 g/mol. The van der Waals surface area contributed by atoms with Crippen molar-refractivity contribution in [3.63, 3.8) is 0 Å². The summed E-state index contributed by atoms with van der Waals surface area (Å²) in [5, 5.41) is 50.0. The second-order valence-electron chi connectivity index (χ2n) is 0.750. The van der Waals surface area contributed by atoms with Crippen LogP contribution in [0.3, 0.4) is 0 Å². The standard InChI is InChI=1S/3CH2O3.2La.7H2O/c3*2-1(3)4;;;;;;;;;/h3*(H2,2,3,4);;;7*1H2/q;;;2*+3;;;;;;;/p-6. The molecule has 0 saturated carbocycles. The summed E-state index contributed by atoms with van der Waals surface area (Å²) in [6.07, 6.45) is -7.00. The minimum atomic E-state index is -2.33. The summed E-state index contributed by atoms with van der Waals surface area (Å²) in [5.41, 5.74) is 0. The molecule has 0 aliphatic rings. The molecule has 0 aromatic rings. The van der Waals surface area contributed by atoms with E-state index in [9.17, 15) is 0 Å². The first-order chi connectivity index (χ1) is 5.20. The van der Waals surface area contributed by atoms with Crippen LogP contribution in [0, 0.1) is 71.2 Å². The molecule has 0 rings (SSSR count). The van der Waals surface area contributed by atoms with Crippen molar-refractivity contribution in [3.05, 3.63) is 0 Å². The van der Waals surface area contributed by atoms with Gasteiger partial charge in [-0.2, -0.15) is 0 Å². The molecule has 21 heavy (non-hydrogen) atoms. The number of carboxylic acid groups (broad SMARTS) is 6. The number of carbonyl (C=O) groups is 3. The fourth-order valence-electron chi connectivity index (χ4n) is 0. The first-order valence-electron chi connectivity index (χ1n) is 1.84. The molecule has 0 bridgehead atoms. The minimum absolute atomic E-state index is 0. The molecule has 0 aromatic carbocycles. The Morgan fingerprint density at radius 2 is 0.381 bits per heavy atom. The van der Waals surface area contributed by atoms with Gasteiger partial charge in [0.1, 0.15) is 0 Å².